The summed E-state index contributed by atoms with van der Waals surface area (Å²) < 4.78 is 38.0. The van der Waals surface area contributed by atoms with Crippen LogP contribution in [0.25, 0.3) is 0 Å². The number of para-hydroxylation sites is 1. The van der Waals surface area contributed by atoms with Gasteiger partial charge in [0.05, 0.1) is 5.69 Å². The first kappa shape index (κ1) is 13.3. The van der Waals surface area contributed by atoms with Gasteiger partial charge in [-0.15, -0.1) is 0 Å². The van der Waals surface area contributed by atoms with E-state index in [0.29, 0.717) is 5.69 Å². The second-order valence-corrected chi connectivity index (χ2v) is 4.19. The van der Waals surface area contributed by atoms with Crippen molar-refractivity contribution in [2.45, 2.75) is 19.1 Å². The van der Waals surface area contributed by atoms with E-state index in [9.17, 15) is 18.0 Å². The van der Waals surface area contributed by atoms with Crippen molar-refractivity contribution in [1.82, 2.24) is 5.43 Å². The van der Waals surface area contributed by atoms with Crippen LogP contribution in [-0.2, 0) is 4.79 Å². The van der Waals surface area contributed by atoms with Gasteiger partial charge in [0, 0.05) is 0 Å². The normalized spacial score (nSPS) is 19.1. The van der Waals surface area contributed by atoms with Gasteiger partial charge in [-0.1, -0.05) is 18.2 Å². The molecule has 0 bridgehead atoms. The van der Waals surface area contributed by atoms with E-state index in [0.717, 1.165) is 16.6 Å². The lowest BCUT2D eigenvalue weighted by Gasteiger charge is -2.27. The predicted molar refractivity (Wildman–Crippen MR) is 63.9 cm³/mol. The van der Waals surface area contributed by atoms with Gasteiger partial charge in [-0.3, -0.25) is 15.2 Å². The zero-order valence-electron chi connectivity index (χ0n) is 10.0. The summed E-state index contributed by atoms with van der Waals surface area (Å²) >= 11 is 0. The first-order valence-electron chi connectivity index (χ1n) is 5.50. The van der Waals surface area contributed by atoms with Crippen LogP contribution in [0.15, 0.2) is 36.0 Å². The van der Waals surface area contributed by atoms with Crippen molar-refractivity contribution in [3.05, 3.63) is 41.6 Å². The van der Waals surface area contributed by atoms with E-state index in [-0.39, 0.29) is 0 Å². The number of carbonyl (C=O) groups is 1. The number of rotatable bonds is 2. The third kappa shape index (κ3) is 2.49. The summed E-state index contributed by atoms with van der Waals surface area (Å²) in [5.74, 6) is -0.852. The predicted octanol–water partition coefficient (Wildman–Crippen LogP) is 1.62. The van der Waals surface area contributed by atoms with Gasteiger partial charge < -0.3 is 5.73 Å². The van der Waals surface area contributed by atoms with Gasteiger partial charge in [0.2, 0.25) is 5.91 Å². The van der Waals surface area contributed by atoms with E-state index in [1.54, 1.807) is 31.2 Å². The van der Waals surface area contributed by atoms with Crippen LogP contribution in [0.5, 0.6) is 0 Å². The molecule has 3 N–H and O–H groups in total. The molecule has 1 aromatic rings. The van der Waals surface area contributed by atoms with Crippen molar-refractivity contribution in [1.29, 1.82) is 0 Å². The summed E-state index contributed by atoms with van der Waals surface area (Å²) in [4.78, 5) is 11.3. The molecular formula is C12H12F3N3O. The van der Waals surface area contributed by atoms with E-state index in [1.807, 2.05) is 0 Å². The van der Waals surface area contributed by atoms with Crippen LogP contribution in [0, 0.1) is 6.92 Å². The quantitative estimate of drug-likeness (QED) is 0.859. The Kier molecular flexibility index (Phi) is 3.13. The number of amides is 1. The second kappa shape index (κ2) is 4.49. The molecule has 1 aromatic carbocycles. The Balaban J connectivity index is 2.38. The number of hydrogen-bond acceptors (Lipinski definition) is 3. The minimum atomic E-state index is -4.55. The SMILES string of the molecule is Cc1ccccc1N1NC(C(F)(F)F)=CC1C(N)=O. The fourth-order valence-corrected chi connectivity index (χ4v) is 1.88. The molecule has 1 heterocycles. The zero-order chi connectivity index (χ0) is 14.2. The molecule has 7 heteroatoms. The van der Waals surface area contributed by atoms with Crippen LogP contribution >= 0.6 is 0 Å². The van der Waals surface area contributed by atoms with Crippen molar-refractivity contribution in [3.63, 3.8) is 0 Å². The van der Waals surface area contributed by atoms with Crippen molar-refractivity contribution < 1.29 is 18.0 Å². The number of alkyl halides is 3. The molecule has 1 amide bonds. The molecule has 0 saturated heterocycles. The van der Waals surface area contributed by atoms with E-state index < -0.39 is 23.8 Å². The molecule has 4 nitrogen and oxygen atoms in total. The van der Waals surface area contributed by atoms with Crippen molar-refractivity contribution in [2.75, 3.05) is 5.01 Å². The summed E-state index contributed by atoms with van der Waals surface area (Å²) in [6, 6.07) is 5.61. The standard InChI is InChI=1S/C12H12F3N3O/c1-7-4-2-3-5-8(7)18-9(11(16)19)6-10(17-18)12(13,14)15/h2-6,9,17H,1H3,(H2,16,19). The van der Waals surface area contributed by atoms with Crippen LogP contribution in [-0.4, -0.2) is 18.1 Å². The lowest BCUT2D eigenvalue weighted by Crippen LogP contribution is -2.47. The molecule has 0 saturated carbocycles. The molecule has 0 aliphatic carbocycles. The molecule has 0 spiro atoms. The van der Waals surface area contributed by atoms with Gasteiger partial charge in [-0.25, -0.2) is 0 Å². The van der Waals surface area contributed by atoms with Crippen LogP contribution < -0.4 is 16.2 Å². The number of nitrogens with one attached hydrogen (secondary N) is 1. The molecule has 1 atom stereocenters. The molecule has 1 aliphatic heterocycles. The smallest absolute Gasteiger partial charge is 0.368 e. The molecule has 1 unspecified atom stereocenters. The van der Waals surface area contributed by atoms with E-state index >= 15 is 0 Å². The molecule has 2 rings (SSSR count). The van der Waals surface area contributed by atoms with E-state index in [1.165, 1.54) is 0 Å². The third-order valence-corrected chi connectivity index (χ3v) is 2.82. The number of halogens is 3. The highest BCUT2D eigenvalue weighted by molar-refractivity contribution is 5.87. The van der Waals surface area contributed by atoms with Crippen LogP contribution in [0.1, 0.15) is 5.56 Å². The van der Waals surface area contributed by atoms with E-state index in [2.05, 4.69) is 5.43 Å². The average Bonchev–Trinajstić information content (AvgIpc) is 2.74. The van der Waals surface area contributed by atoms with Gasteiger partial charge >= 0.3 is 6.18 Å². The summed E-state index contributed by atoms with van der Waals surface area (Å²) in [5.41, 5.74) is 7.56. The number of nitrogens with two attached hydrogens (primary N) is 1. The number of allylic oxidation sites excluding steroid dienone is 1. The largest absolute Gasteiger partial charge is 0.432 e. The molecular weight excluding hydrogens is 259 g/mol. The summed E-state index contributed by atoms with van der Waals surface area (Å²) in [7, 11) is 0. The number of primary amides is 1. The maximum atomic E-state index is 12.7. The van der Waals surface area contributed by atoms with Crippen molar-refractivity contribution in [2.24, 2.45) is 5.73 Å². The number of hydrogen-bond donors (Lipinski definition) is 2. The summed E-state index contributed by atoms with van der Waals surface area (Å²) in [5, 5.41) is 1.13. The lowest BCUT2D eigenvalue weighted by atomic mass is 10.1. The fraction of sp³-hybridized carbons (Fsp3) is 0.250. The van der Waals surface area contributed by atoms with Gasteiger partial charge in [0.25, 0.3) is 0 Å². The van der Waals surface area contributed by atoms with Crippen molar-refractivity contribution >= 4 is 11.6 Å². The summed E-state index contributed by atoms with van der Waals surface area (Å²) in [6.45, 7) is 1.74. The van der Waals surface area contributed by atoms with E-state index in [4.69, 9.17) is 5.73 Å². The molecule has 1 aliphatic rings. The van der Waals surface area contributed by atoms with Gasteiger partial charge in [-0.05, 0) is 24.6 Å². The molecule has 102 valence electrons. The number of benzene rings is 1. The Labute approximate surface area is 107 Å². The third-order valence-electron chi connectivity index (χ3n) is 2.82. The molecule has 0 aromatic heterocycles. The van der Waals surface area contributed by atoms with Gasteiger partial charge in [0.1, 0.15) is 11.7 Å². The maximum absolute atomic E-state index is 12.7. The first-order chi connectivity index (χ1) is 8.80. The maximum Gasteiger partial charge on any atom is 0.432 e. The molecule has 0 radical (unpaired) electrons. The fourth-order valence-electron chi connectivity index (χ4n) is 1.88. The Morgan fingerprint density at radius 3 is 2.53 bits per heavy atom. The number of carbonyl (C=O) groups excluding carboxylic acids is 1. The number of hydrazine groups is 1. The van der Waals surface area contributed by atoms with Crippen molar-refractivity contribution in [3.8, 4) is 0 Å². The number of nitrogens with zero attached hydrogens (tertiary/aromatic N) is 1. The zero-order valence-corrected chi connectivity index (χ0v) is 10.0. The lowest BCUT2D eigenvalue weighted by molar-refractivity contribution is -0.118. The van der Waals surface area contributed by atoms with Gasteiger partial charge in [0.15, 0.2) is 0 Å². The Morgan fingerprint density at radius 1 is 1.37 bits per heavy atom. The average molecular weight is 271 g/mol. The highest BCUT2D eigenvalue weighted by Crippen LogP contribution is 2.31. The van der Waals surface area contributed by atoms with Crippen LogP contribution in [0.2, 0.25) is 0 Å². The summed E-state index contributed by atoms with van der Waals surface area (Å²) in [6.07, 6.45) is -3.76. The Morgan fingerprint density at radius 2 is 2.00 bits per heavy atom. The number of aryl methyl sites for hydroxylation is 1. The van der Waals surface area contributed by atoms with Crippen LogP contribution in [0.4, 0.5) is 18.9 Å². The monoisotopic (exact) mass is 271 g/mol. The topological polar surface area (TPSA) is 58.4 Å². The molecule has 19 heavy (non-hydrogen) atoms. The Hall–Kier alpha value is -2.18. The van der Waals surface area contributed by atoms with Crippen LogP contribution in [0.3, 0.4) is 0 Å². The molecule has 0 fully saturated rings. The second-order valence-electron chi connectivity index (χ2n) is 4.19. The first-order valence-corrected chi connectivity index (χ1v) is 5.50. The van der Waals surface area contributed by atoms with Gasteiger partial charge in [-0.2, -0.15) is 13.2 Å². The minimum Gasteiger partial charge on any atom is -0.368 e. The highest BCUT2D eigenvalue weighted by Gasteiger charge is 2.42. The Bertz CT molecular complexity index is 539. The highest BCUT2D eigenvalue weighted by atomic mass is 19.4. The minimum absolute atomic E-state index is 0.474. The number of anilines is 1.